The fourth-order valence-corrected chi connectivity index (χ4v) is 0.203. The summed E-state index contributed by atoms with van der Waals surface area (Å²) < 4.78 is 4.40. The minimum absolute atomic E-state index is 0. The first kappa shape index (κ1) is 9.94. The van der Waals surface area contributed by atoms with Crippen molar-refractivity contribution in [1.82, 2.24) is 0 Å². The number of rotatable bonds is 1. The second-order valence-corrected chi connectivity index (χ2v) is 0.925. The van der Waals surface area contributed by atoms with Crippen LogP contribution in [-0.2, 0) is 9.53 Å². The van der Waals surface area contributed by atoms with Crippen LogP contribution in [0.2, 0.25) is 0 Å². The standard InChI is InChI=1S/C4H8O2.H2S/c1-3-6-4(2)5;/h3H2,1-2H3;1H2. The summed E-state index contributed by atoms with van der Waals surface area (Å²) in [6.45, 7) is 3.65. The molecule has 3 heteroatoms. The minimum Gasteiger partial charge on any atom is -0.466 e. The lowest BCUT2D eigenvalue weighted by Gasteiger charge is -1.89. The predicted octanol–water partition coefficient (Wildman–Crippen LogP) is 0.682. The summed E-state index contributed by atoms with van der Waals surface area (Å²) in [7, 11) is 0. The van der Waals surface area contributed by atoms with Crippen molar-refractivity contribution in [3.8, 4) is 0 Å². The van der Waals surface area contributed by atoms with Gasteiger partial charge in [0.15, 0.2) is 0 Å². The Hall–Kier alpha value is -0.180. The molecule has 2 nitrogen and oxygen atoms in total. The first-order chi connectivity index (χ1) is 2.77. The minimum atomic E-state index is -0.211. The van der Waals surface area contributed by atoms with Gasteiger partial charge in [0, 0.05) is 6.92 Å². The van der Waals surface area contributed by atoms with Gasteiger partial charge in [-0.3, -0.25) is 4.79 Å². The monoisotopic (exact) mass is 122 g/mol. The zero-order valence-electron chi connectivity index (χ0n) is 4.52. The van der Waals surface area contributed by atoms with Gasteiger partial charge >= 0.3 is 5.97 Å². The Morgan fingerprint density at radius 3 is 2.14 bits per heavy atom. The van der Waals surface area contributed by atoms with E-state index in [1.54, 1.807) is 6.92 Å². The average Bonchev–Trinajstić information content (AvgIpc) is 1.35. The number of esters is 1. The quantitative estimate of drug-likeness (QED) is 0.478. The Kier molecular flexibility index (Phi) is 8.27. The number of ether oxygens (including phenoxy) is 1. The summed E-state index contributed by atoms with van der Waals surface area (Å²) in [4.78, 5) is 9.82. The van der Waals surface area contributed by atoms with E-state index in [1.165, 1.54) is 6.92 Å². The summed E-state index contributed by atoms with van der Waals surface area (Å²) in [5, 5.41) is 0. The van der Waals surface area contributed by atoms with Crippen LogP contribution in [0.1, 0.15) is 13.8 Å². The third kappa shape index (κ3) is 10.7. The van der Waals surface area contributed by atoms with Crippen molar-refractivity contribution in [2.45, 2.75) is 13.8 Å². The Morgan fingerprint density at radius 1 is 1.71 bits per heavy atom. The maximum absolute atomic E-state index is 9.82. The normalized spacial score (nSPS) is 6.57. The van der Waals surface area contributed by atoms with Crippen LogP contribution in [0.5, 0.6) is 0 Å². The summed E-state index contributed by atoms with van der Waals surface area (Å²) in [6.07, 6.45) is 0. The van der Waals surface area contributed by atoms with Crippen LogP contribution in [-0.4, -0.2) is 12.6 Å². The van der Waals surface area contributed by atoms with Crippen molar-refractivity contribution in [3.63, 3.8) is 0 Å². The van der Waals surface area contributed by atoms with Crippen LogP contribution >= 0.6 is 13.5 Å². The number of hydrogen-bond donors (Lipinski definition) is 0. The van der Waals surface area contributed by atoms with E-state index in [4.69, 9.17) is 0 Å². The van der Waals surface area contributed by atoms with Gasteiger partial charge in [0.25, 0.3) is 0 Å². The van der Waals surface area contributed by atoms with Gasteiger partial charge in [0.1, 0.15) is 0 Å². The van der Waals surface area contributed by atoms with E-state index in [9.17, 15) is 4.79 Å². The SMILES string of the molecule is CCOC(C)=O.S. The highest BCUT2D eigenvalue weighted by atomic mass is 32.1. The molecule has 0 aliphatic heterocycles. The van der Waals surface area contributed by atoms with Gasteiger partial charge in [0.05, 0.1) is 6.61 Å². The molecule has 44 valence electrons. The van der Waals surface area contributed by atoms with Gasteiger partial charge in [-0.1, -0.05) is 0 Å². The molecule has 0 aliphatic carbocycles. The second kappa shape index (κ2) is 5.82. The lowest BCUT2D eigenvalue weighted by molar-refractivity contribution is -0.140. The van der Waals surface area contributed by atoms with E-state index >= 15 is 0 Å². The number of hydrogen-bond acceptors (Lipinski definition) is 2. The second-order valence-electron chi connectivity index (χ2n) is 0.925. The van der Waals surface area contributed by atoms with Gasteiger partial charge in [-0.05, 0) is 6.92 Å². The molecule has 0 atom stereocenters. The molecular weight excluding hydrogens is 112 g/mol. The summed E-state index contributed by atoms with van der Waals surface area (Å²) in [5.41, 5.74) is 0. The Morgan fingerprint density at radius 2 is 2.14 bits per heavy atom. The highest BCUT2D eigenvalue weighted by molar-refractivity contribution is 7.59. The first-order valence-electron chi connectivity index (χ1n) is 1.90. The van der Waals surface area contributed by atoms with Crippen molar-refractivity contribution < 1.29 is 9.53 Å². The van der Waals surface area contributed by atoms with Crippen molar-refractivity contribution in [2.75, 3.05) is 6.61 Å². The topological polar surface area (TPSA) is 26.3 Å². The van der Waals surface area contributed by atoms with Crippen LogP contribution in [0, 0.1) is 0 Å². The Bertz CT molecular complexity index is 53.7. The van der Waals surface area contributed by atoms with Gasteiger partial charge < -0.3 is 4.74 Å². The highest BCUT2D eigenvalue weighted by Crippen LogP contribution is 1.69. The molecule has 0 aliphatic rings. The van der Waals surface area contributed by atoms with Gasteiger partial charge in [0.2, 0.25) is 0 Å². The molecule has 0 aromatic rings. The zero-order chi connectivity index (χ0) is 4.99. The van der Waals surface area contributed by atoms with Crippen LogP contribution in [0.3, 0.4) is 0 Å². The summed E-state index contributed by atoms with van der Waals surface area (Å²) in [6, 6.07) is 0. The molecule has 0 rings (SSSR count). The lowest BCUT2D eigenvalue weighted by atomic mass is 10.8. The first-order valence-corrected chi connectivity index (χ1v) is 1.90. The van der Waals surface area contributed by atoms with E-state index in [-0.39, 0.29) is 19.5 Å². The molecule has 0 radical (unpaired) electrons. The third-order valence-corrected chi connectivity index (χ3v) is 0.348. The van der Waals surface area contributed by atoms with Crippen LogP contribution in [0.25, 0.3) is 0 Å². The van der Waals surface area contributed by atoms with E-state index < -0.39 is 0 Å². The van der Waals surface area contributed by atoms with Crippen molar-refractivity contribution >= 4 is 19.5 Å². The molecular formula is C4H10O2S. The number of carbonyl (C=O) groups excluding carboxylic acids is 1. The molecule has 0 saturated carbocycles. The molecule has 0 unspecified atom stereocenters. The van der Waals surface area contributed by atoms with Gasteiger partial charge in [-0.2, -0.15) is 13.5 Å². The van der Waals surface area contributed by atoms with E-state index in [1.807, 2.05) is 0 Å². The van der Waals surface area contributed by atoms with E-state index in [0.29, 0.717) is 6.61 Å². The maximum atomic E-state index is 9.82. The molecule has 7 heavy (non-hydrogen) atoms. The highest BCUT2D eigenvalue weighted by Gasteiger charge is 1.81. The van der Waals surface area contributed by atoms with E-state index in [0.717, 1.165) is 0 Å². The smallest absolute Gasteiger partial charge is 0.302 e. The van der Waals surface area contributed by atoms with Gasteiger partial charge in [-0.25, -0.2) is 0 Å². The summed E-state index contributed by atoms with van der Waals surface area (Å²) >= 11 is 0. The van der Waals surface area contributed by atoms with Gasteiger partial charge in [-0.15, -0.1) is 0 Å². The third-order valence-electron chi connectivity index (χ3n) is 0.348. The Balaban J connectivity index is 0. The lowest BCUT2D eigenvalue weighted by Crippen LogP contribution is -1.95. The molecule has 0 N–H and O–H groups in total. The molecule has 0 amide bonds. The molecule has 0 spiro atoms. The molecule has 0 bridgehead atoms. The van der Waals surface area contributed by atoms with E-state index in [2.05, 4.69) is 4.74 Å². The zero-order valence-corrected chi connectivity index (χ0v) is 5.52. The number of carbonyl (C=O) groups is 1. The van der Waals surface area contributed by atoms with Crippen molar-refractivity contribution in [3.05, 3.63) is 0 Å². The average molecular weight is 122 g/mol. The largest absolute Gasteiger partial charge is 0.466 e. The summed E-state index contributed by atoms with van der Waals surface area (Å²) in [5.74, 6) is -0.211. The van der Waals surface area contributed by atoms with Crippen LogP contribution in [0.15, 0.2) is 0 Å². The van der Waals surface area contributed by atoms with Crippen molar-refractivity contribution in [1.29, 1.82) is 0 Å². The van der Waals surface area contributed by atoms with Crippen LogP contribution in [0.4, 0.5) is 0 Å². The maximum Gasteiger partial charge on any atom is 0.302 e. The van der Waals surface area contributed by atoms with Crippen molar-refractivity contribution in [2.24, 2.45) is 0 Å². The van der Waals surface area contributed by atoms with Crippen LogP contribution < -0.4 is 0 Å². The molecule has 0 fully saturated rings. The molecule has 0 aromatic heterocycles. The molecule has 0 aromatic carbocycles. The molecule has 0 saturated heterocycles. The predicted molar refractivity (Wildman–Crippen MR) is 32.7 cm³/mol. The fraction of sp³-hybridized carbons (Fsp3) is 0.750. The molecule has 0 heterocycles. The fourth-order valence-electron chi connectivity index (χ4n) is 0.203. The Labute approximate surface area is 50.3 Å².